The molecule has 0 aliphatic heterocycles. The van der Waals surface area contributed by atoms with Gasteiger partial charge in [-0.3, -0.25) is 0 Å². The fourth-order valence-electron chi connectivity index (χ4n) is 8.35. The molecule has 0 radical (unpaired) electrons. The van der Waals surface area contributed by atoms with Crippen molar-refractivity contribution in [3.05, 3.63) is 162 Å². The summed E-state index contributed by atoms with van der Waals surface area (Å²) in [5, 5.41) is 7.91. The molecule has 1 heteroatoms. The third-order valence-electron chi connectivity index (χ3n) is 10.5. The van der Waals surface area contributed by atoms with E-state index in [1.807, 2.05) is 0 Å². The molecule has 10 rings (SSSR count). The molecular weight excluding hydrogens is 567 g/mol. The van der Waals surface area contributed by atoms with Gasteiger partial charge in [-0.15, -0.1) is 0 Å². The second-order valence-corrected chi connectivity index (χ2v) is 13.1. The molecule has 0 N–H and O–H groups in total. The first kappa shape index (κ1) is 26.5. The van der Waals surface area contributed by atoms with Crippen LogP contribution in [0, 0.1) is 0 Å². The van der Waals surface area contributed by atoms with Crippen molar-refractivity contribution in [1.82, 2.24) is 4.57 Å². The van der Waals surface area contributed by atoms with Gasteiger partial charge < -0.3 is 4.57 Å². The molecule has 0 atom stereocenters. The van der Waals surface area contributed by atoms with E-state index in [2.05, 4.69) is 156 Å². The second-order valence-electron chi connectivity index (χ2n) is 13.1. The molecular formula is C46H33N. The molecule has 8 aromatic rings. The number of benzene rings is 7. The predicted octanol–water partition coefficient (Wildman–Crippen LogP) is 12.3. The first-order valence-electron chi connectivity index (χ1n) is 16.9. The fourth-order valence-corrected chi connectivity index (χ4v) is 8.35. The van der Waals surface area contributed by atoms with E-state index in [9.17, 15) is 0 Å². The van der Waals surface area contributed by atoms with Crippen molar-refractivity contribution in [1.29, 1.82) is 0 Å². The van der Waals surface area contributed by atoms with Gasteiger partial charge in [0.05, 0.1) is 11.0 Å². The van der Waals surface area contributed by atoms with Crippen LogP contribution in [-0.4, -0.2) is 4.57 Å². The molecule has 1 aromatic heterocycles. The molecule has 222 valence electrons. The van der Waals surface area contributed by atoms with Crippen molar-refractivity contribution in [3.63, 3.8) is 0 Å². The lowest BCUT2D eigenvalue weighted by Gasteiger charge is -2.25. The summed E-state index contributed by atoms with van der Waals surface area (Å²) in [5.74, 6) is 0. The van der Waals surface area contributed by atoms with Gasteiger partial charge in [0.15, 0.2) is 0 Å². The topological polar surface area (TPSA) is 4.93 Å². The average molecular weight is 600 g/mol. The van der Waals surface area contributed by atoms with Crippen LogP contribution in [0.2, 0.25) is 0 Å². The van der Waals surface area contributed by atoms with Crippen molar-refractivity contribution in [3.8, 4) is 27.9 Å². The molecule has 0 fully saturated rings. The number of fused-ring (bicyclic) bond motifs is 9. The Bertz CT molecular complexity index is 2560. The normalized spacial score (nSPS) is 13.9. The van der Waals surface area contributed by atoms with Crippen molar-refractivity contribution in [2.75, 3.05) is 0 Å². The monoisotopic (exact) mass is 599 g/mol. The summed E-state index contributed by atoms with van der Waals surface area (Å²) in [6.07, 6.45) is 13.8. The third-order valence-corrected chi connectivity index (χ3v) is 10.5. The van der Waals surface area contributed by atoms with Gasteiger partial charge in [-0.25, -0.2) is 0 Å². The van der Waals surface area contributed by atoms with Gasteiger partial charge >= 0.3 is 0 Å². The van der Waals surface area contributed by atoms with Gasteiger partial charge in [-0.1, -0.05) is 109 Å². The lowest BCUT2D eigenvalue weighted by molar-refractivity contribution is 0.984. The van der Waals surface area contributed by atoms with Crippen molar-refractivity contribution >= 4 is 55.5 Å². The Morgan fingerprint density at radius 2 is 1.00 bits per heavy atom. The summed E-state index contributed by atoms with van der Waals surface area (Å²) in [6.45, 7) is 0. The summed E-state index contributed by atoms with van der Waals surface area (Å²) in [7, 11) is 0. The highest BCUT2D eigenvalue weighted by Gasteiger charge is 2.22. The second kappa shape index (κ2) is 10.4. The van der Waals surface area contributed by atoms with Gasteiger partial charge in [-0.05, 0) is 134 Å². The summed E-state index contributed by atoms with van der Waals surface area (Å²) >= 11 is 0. The van der Waals surface area contributed by atoms with E-state index < -0.39 is 0 Å². The van der Waals surface area contributed by atoms with E-state index in [0.29, 0.717) is 0 Å². The lowest BCUT2D eigenvalue weighted by atomic mass is 9.79. The Labute approximate surface area is 274 Å². The fraction of sp³-hybridized carbons (Fsp3) is 0.0870. The van der Waals surface area contributed by atoms with E-state index in [1.165, 1.54) is 93.5 Å². The van der Waals surface area contributed by atoms with E-state index in [-0.39, 0.29) is 0 Å². The van der Waals surface area contributed by atoms with Gasteiger partial charge in [-0.2, -0.15) is 0 Å². The standard InChI is InChI=1S/C46H33N/c1-2-12-32-27-33(22-21-30(32)11-1)43-29-34-28-42(36-13-3-5-17-40(36)46(34)41-18-6-4-14-37(41)43)31-23-25-35(26-24-31)47-44-19-9-7-15-38(44)39-16-8-10-20-45(39)47/h1-2,5-12,15-29H,3-4,13-14H2. The minimum atomic E-state index is 1.07. The maximum Gasteiger partial charge on any atom is 0.0541 e. The Kier molecular flexibility index (Phi) is 5.90. The maximum absolute atomic E-state index is 2.48. The largest absolute Gasteiger partial charge is 0.309 e. The first-order valence-corrected chi connectivity index (χ1v) is 16.9. The van der Waals surface area contributed by atoms with Crippen LogP contribution in [0.15, 0.2) is 140 Å². The molecule has 47 heavy (non-hydrogen) atoms. The number of allylic oxidation sites excluding steroid dienone is 2. The highest BCUT2D eigenvalue weighted by molar-refractivity contribution is 6.09. The summed E-state index contributed by atoms with van der Waals surface area (Å²) in [5.41, 5.74) is 14.8. The molecule has 0 unspecified atom stereocenters. The quantitative estimate of drug-likeness (QED) is 0.190. The van der Waals surface area contributed by atoms with Gasteiger partial charge in [0.2, 0.25) is 0 Å². The summed E-state index contributed by atoms with van der Waals surface area (Å²) in [6, 6.07) is 47.4. The zero-order valence-corrected chi connectivity index (χ0v) is 26.2. The summed E-state index contributed by atoms with van der Waals surface area (Å²) in [4.78, 5) is 0. The van der Waals surface area contributed by atoms with E-state index in [1.54, 1.807) is 0 Å². The molecule has 2 aliphatic rings. The zero-order valence-electron chi connectivity index (χ0n) is 26.2. The first-order chi connectivity index (χ1) is 23.3. The smallest absolute Gasteiger partial charge is 0.0541 e. The maximum atomic E-state index is 2.48. The van der Waals surface area contributed by atoms with Crippen LogP contribution in [0.4, 0.5) is 0 Å². The minimum absolute atomic E-state index is 1.07. The summed E-state index contributed by atoms with van der Waals surface area (Å²) < 4.78 is 2.40. The van der Waals surface area contributed by atoms with Gasteiger partial charge in [0, 0.05) is 16.5 Å². The van der Waals surface area contributed by atoms with Crippen LogP contribution in [0.25, 0.3) is 83.4 Å². The Hall–Kier alpha value is -5.66. The number of hydrogen-bond acceptors (Lipinski definition) is 0. The molecule has 0 saturated carbocycles. The van der Waals surface area contributed by atoms with Crippen LogP contribution in [0.5, 0.6) is 0 Å². The molecule has 0 spiro atoms. The van der Waals surface area contributed by atoms with Crippen LogP contribution < -0.4 is 0 Å². The minimum Gasteiger partial charge on any atom is -0.309 e. The van der Waals surface area contributed by atoms with Crippen LogP contribution in [0.3, 0.4) is 0 Å². The molecule has 0 bridgehead atoms. The van der Waals surface area contributed by atoms with E-state index in [0.717, 1.165) is 25.7 Å². The average Bonchev–Trinajstić information content (AvgIpc) is 3.48. The molecule has 0 saturated heterocycles. The highest BCUT2D eigenvalue weighted by atomic mass is 15.0. The Morgan fingerprint density at radius 3 is 1.66 bits per heavy atom. The molecule has 1 nitrogen and oxygen atoms in total. The number of aromatic nitrogens is 1. The number of para-hydroxylation sites is 2. The lowest BCUT2D eigenvalue weighted by Crippen LogP contribution is -2.05. The van der Waals surface area contributed by atoms with Crippen molar-refractivity contribution in [2.45, 2.75) is 25.7 Å². The van der Waals surface area contributed by atoms with Gasteiger partial charge in [0.1, 0.15) is 0 Å². The van der Waals surface area contributed by atoms with Crippen LogP contribution in [0.1, 0.15) is 35.1 Å². The van der Waals surface area contributed by atoms with Crippen LogP contribution in [-0.2, 0) is 12.8 Å². The van der Waals surface area contributed by atoms with Gasteiger partial charge in [0.25, 0.3) is 0 Å². The van der Waals surface area contributed by atoms with Crippen molar-refractivity contribution in [2.24, 2.45) is 0 Å². The van der Waals surface area contributed by atoms with Crippen LogP contribution >= 0.6 is 0 Å². The number of hydrogen-bond donors (Lipinski definition) is 0. The highest BCUT2D eigenvalue weighted by Crippen LogP contribution is 2.44. The molecule has 7 aromatic carbocycles. The van der Waals surface area contributed by atoms with E-state index >= 15 is 0 Å². The van der Waals surface area contributed by atoms with Crippen molar-refractivity contribution < 1.29 is 0 Å². The predicted molar refractivity (Wildman–Crippen MR) is 201 cm³/mol. The Morgan fingerprint density at radius 1 is 0.447 bits per heavy atom. The zero-order chi connectivity index (χ0) is 30.9. The number of rotatable bonds is 3. The Balaban J connectivity index is 1.17. The SMILES string of the molecule is C1=Cc2c(c(-c3ccc(-n4c5ccccc5c5ccccc54)cc3)cc3cc(-c4ccc5ccccc5c4)c4c(c23)C=CCC4)CC1. The number of nitrogens with zero attached hydrogens (tertiary/aromatic N) is 1. The molecule has 0 amide bonds. The molecule has 2 aliphatic carbocycles. The third kappa shape index (κ3) is 4.09. The van der Waals surface area contributed by atoms with E-state index in [4.69, 9.17) is 0 Å². The molecule has 1 heterocycles.